The van der Waals surface area contributed by atoms with Gasteiger partial charge in [0, 0.05) is 37.8 Å². The van der Waals surface area contributed by atoms with Crippen molar-refractivity contribution in [2.45, 2.75) is 56.8 Å². The lowest BCUT2D eigenvalue weighted by molar-refractivity contribution is -0.143. The summed E-state index contributed by atoms with van der Waals surface area (Å²) in [4.78, 5) is 27.6. The first-order valence-electron chi connectivity index (χ1n) is 7.57. The van der Waals surface area contributed by atoms with E-state index < -0.39 is 12.0 Å². The highest BCUT2D eigenvalue weighted by atomic mass is 16.4. The van der Waals surface area contributed by atoms with E-state index in [4.69, 9.17) is 5.11 Å². The summed E-state index contributed by atoms with van der Waals surface area (Å²) in [6.45, 7) is 4.62. The van der Waals surface area contributed by atoms with Crippen molar-refractivity contribution in [2.75, 3.05) is 19.6 Å². The molecule has 0 aromatic rings. The SMILES string of the molecule is CC1CC(N2CCNC(=O)C2CC(=O)O)CN1C1CC1. The van der Waals surface area contributed by atoms with E-state index in [2.05, 4.69) is 22.0 Å². The molecule has 1 saturated carbocycles. The number of likely N-dealkylation sites (tertiary alicyclic amines) is 1. The van der Waals surface area contributed by atoms with Crippen molar-refractivity contribution in [1.82, 2.24) is 15.1 Å². The number of hydrogen-bond acceptors (Lipinski definition) is 4. The van der Waals surface area contributed by atoms with Crippen molar-refractivity contribution >= 4 is 11.9 Å². The van der Waals surface area contributed by atoms with Gasteiger partial charge in [-0.1, -0.05) is 0 Å². The summed E-state index contributed by atoms with van der Waals surface area (Å²) < 4.78 is 0. The van der Waals surface area contributed by atoms with E-state index in [1.165, 1.54) is 12.8 Å². The smallest absolute Gasteiger partial charge is 0.305 e. The van der Waals surface area contributed by atoms with Crippen LogP contribution in [0.5, 0.6) is 0 Å². The lowest BCUT2D eigenvalue weighted by atomic mass is 10.0. The first-order chi connectivity index (χ1) is 9.56. The normalized spacial score (nSPS) is 36.0. The summed E-state index contributed by atoms with van der Waals surface area (Å²) in [5.74, 6) is -1.03. The Balaban J connectivity index is 1.70. The van der Waals surface area contributed by atoms with Crippen LogP contribution in [0.25, 0.3) is 0 Å². The van der Waals surface area contributed by atoms with Gasteiger partial charge in [-0.3, -0.25) is 19.4 Å². The van der Waals surface area contributed by atoms with Gasteiger partial charge in [0.2, 0.25) is 5.91 Å². The zero-order valence-electron chi connectivity index (χ0n) is 11.9. The molecule has 2 saturated heterocycles. The molecule has 3 atom stereocenters. The van der Waals surface area contributed by atoms with Crippen LogP contribution in [0.2, 0.25) is 0 Å². The van der Waals surface area contributed by atoms with Crippen LogP contribution in [0, 0.1) is 0 Å². The molecule has 3 fully saturated rings. The number of nitrogens with one attached hydrogen (secondary N) is 1. The second-order valence-electron chi connectivity index (χ2n) is 6.31. The number of rotatable bonds is 4. The van der Waals surface area contributed by atoms with Crippen molar-refractivity contribution in [3.63, 3.8) is 0 Å². The van der Waals surface area contributed by atoms with Crippen LogP contribution in [-0.4, -0.2) is 70.6 Å². The van der Waals surface area contributed by atoms with Gasteiger partial charge in [0.15, 0.2) is 0 Å². The lowest BCUT2D eigenvalue weighted by Gasteiger charge is -2.38. The molecular weight excluding hydrogens is 258 g/mol. The summed E-state index contributed by atoms with van der Waals surface area (Å²) in [6, 6.07) is 1.09. The Bertz CT molecular complexity index is 410. The maximum Gasteiger partial charge on any atom is 0.305 e. The number of carboxylic acid groups (broad SMARTS) is 1. The highest BCUT2D eigenvalue weighted by Crippen LogP contribution is 2.35. The molecule has 2 heterocycles. The van der Waals surface area contributed by atoms with Crippen molar-refractivity contribution in [2.24, 2.45) is 0 Å². The van der Waals surface area contributed by atoms with Gasteiger partial charge in [-0.2, -0.15) is 0 Å². The summed E-state index contributed by atoms with van der Waals surface area (Å²) in [7, 11) is 0. The second kappa shape index (κ2) is 5.33. The van der Waals surface area contributed by atoms with E-state index in [0.717, 1.165) is 25.6 Å². The predicted octanol–water partition coefficient (Wildman–Crippen LogP) is -0.113. The van der Waals surface area contributed by atoms with E-state index in [0.29, 0.717) is 18.6 Å². The summed E-state index contributed by atoms with van der Waals surface area (Å²) in [6.07, 6.45) is 3.52. The summed E-state index contributed by atoms with van der Waals surface area (Å²) in [5, 5.41) is 11.8. The number of carbonyl (C=O) groups is 2. The number of amides is 1. The average molecular weight is 281 g/mol. The Labute approximate surface area is 119 Å². The van der Waals surface area contributed by atoms with E-state index in [1.807, 2.05) is 0 Å². The fourth-order valence-corrected chi connectivity index (χ4v) is 3.73. The summed E-state index contributed by atoms with van der Waals surface area (Å²) in [5.41, 5.74) is 0. The van der Waals surface area contributed by atoms with Gasteiger partial charge in [0.1, 0.15) is 0 Å². The van der Waals surface area contributed by atoms with Crippen LogP contribution in [0.4, 0.5) is 0 Å². The first-order valence-corrected chi connectivity index (χ1v) is 7.57. The van der Waals surface area contributed by atoms with Crippen LogP contribution in [0.15, 0.2) is 0 Å². The zero-order chi connectivity index (χ0) is 14.3. The maximum atomic E-state index is 12.0. The molecule has 3 unspecified atom stereocenters. The van der Waals surface area contributed by atoms with E-state index in [-0.39, 0.29) is 12.3 Å². The minimum atomic E-state index is -0.901. The molecule has 112 valence electrons. The van der Waals surface area contributed by atoms with Crippen molar-refractivity contribution in [1.29, 1.82) is 0 Å². The molecule has 1 amide bonds. The number of nitrogens with zero attached hydrogens (tertiary/aromatic N) is 2. The van der Waals surface area contributed by atoms with Crippen LogP contribution < -0.4 is 5.32 Å². The molecule has 6 nitrogen and oxygen atoms in total. The molecule has 3 rings (SSSR count). The Morgan fingerprint density at radius 1 is 1.35 bits per heavy atom. The van der Waals surface area contributed by atoms with Gasteiger partial charge < -0.3 is 10.4 Å². The molecule has 1 aliphatic carbocycles. The van der Waals surface area contributed by atoms with E-state index in [1.54, 1.807) is 0 Å². The Hall–Kier alpha value is -1.14. The molecule has 2 N–H and O–H groups in total. The van der Waals surface area contributed by atoms with E-state index in [9.17, 15) is 9.59 Å². The number of carboxylic acids is 1. The number of piperazine rings is 1. The first kappa shape index (κ1) is 13.8. The molecule has 0 aromatic heterocycles. The Kier molecular flexibility index (Phi) is 3.69. The molecule has 20 heavy (non-hydrogen) atoms. The van der Waals surface area contributed by atoms with Gasteiger partial charge in [0.05, 0.1) is 12.5 Å². The molecule has 6 heteroatoms. The largest absolute Gasteiger partial charge is 0.481 e. The monoisotopic (exact) mass is 281 g/mol. The summed E-state index contributed by atoms with van der Waals surface area (Å²) >= 11 is 0. The van der Waals surface area contributed by atoms with Gasteiger partial charge in [-0.05, 0) is 26.2 Å². The van der Waals surface area contributed by atoms with Crippen LogP contribution >= 0.6 is 0 Å². The highest BCUT2D eigenvalue weighted by molar-refractivity contribution is 5.86. The van der Waals surface area contributed by atoms with Crippen LogP contribution in [0.3, 0.4) is 0 Å². The van der Waals surface area contributed by atoms with Gasteiger partial charge >= 0.3 is 5.97 Å². The third-order valence-corrected chi connectivity index (χ3v) is 4.83. The molecule has 0 bridgehead atoms. The number of carbonyl (C=O) groups excluding carboxylic acids is 1. The van der Waals surface area contributed by atoms with Crippen LogP contribution in [-0.2, 0) is 9.59 Å². The van der Waals surface area contributed by atoms with Crippen molar-refractivity contribution < 1.29 is 14.7 Å². The van der Waals surface area contributed by atoms with Crippen LogP contribution in [0.1, 0.15) is 32.6 Å². The van der Waals surface area contributed by atoms with Gasteiger partial charge in [-0.25, -0.2) is 0 Å². The zero-order valence-corrected chi connectivity index (χ0v) is 11.9. The third-order valence-electron chi connectivity index (χ3n) is 4.83. The standard InChI is InChI=1S/C14H23N3O3/c1-9-6-11(8-17(9)10-2-3-10)16-5-4-15-14(20)12(16)7-13(18)19/h9-12H,2-8H2,1H3,(H,15,20)(H,18,19). The number of hydrogen-bond donors (Lipinski definition) is 2. The third kappa shape index (κ3) is 2.67. The molecule has 0 spiro atoms. The molecule has 0 aromatic carbocycles. The maximum absolute atomic E-state index is 12.0. The average Bonchev–Trinajstić information content (AvgIpc) is 3.15. The minimum Gasteiger partial charge on any atom is -0.481 e. The van der Waals surface area contributed by atoms with Crippen molar-refractivity contribution in [3.8, 4) is 0 Å². The van der Waals surface area contributed by atoms with Crippen molar-refractivity contribution in [3.05, 3.63) is 0 Å². The molecular formula is C14H23N3O3. The minimum absolute atomic E-state index is 0.0971. The molecule has 0 radical (unpaired) electrons. The number of aliphatic carboxylic acids is 1. The fourth-order valence-electron chi connectivity index (χ4n) is 3.73. The lowest BCUT2D eigenvalue weighted by Crippen LogP contribution is -2.59. The quantitative estimate of drug-likeness (QED) is 0.752. The Morgan fingerprint density at radius 3 is 2.75 bits per heavy atom. The fraction of sp³-hybridized carbons (Fsp3) is 0.857. The highest BCUT2D eigenvalue weighted by Gasteiger charge is 2.44. The van der Waals surface area contributed by atoms with E-state index >= 15 is 0 Å². The topological polar surface area (TPSA) is 72.9 Å². The molecule has 3 aliphatic rings. The van der Waals surface area contributed by atoms with Gasteiger partial charge in [0.25, 0.3) is 0 Å². The van der Waals surface area contributed by atoms with Gasteiger partial charge in [-0.15, -0.1) is 0 Å². The predicted molar refractivity (Wildman–Crippen MR) is 73.4 cm³/mol. The second-order valence-corrected chi connectivity index (χ2v) is 6.31. The molecule has 2 aliphatic heterocycles. The Morgan fingerprint density at radius 2 is 2.10 bits per heavy atom.